The Morgan fingerprint density at radius 1 is 1.18 bits per heavy atom. The highest BCUT2D eigenvalue weighted by molar-refractivity contribution is 7.91. The lowest BCUT2D eigenvalue weighted by atomic mass is 9.93. The van der Waals surface area contributed by atoms with Gasteiger partial charge in [-0.2, -0.15) is 0 Å². The molecule has 3 heterocycles. The second kappa shape index (κ2) is 7.98. The van der Waals surface area contributed by atoms with Crippen LogP contribution < -0.4 is 5.32 Å². The van der Waals surface area contributed by atoms with E-state index in [4.69, 9.17) is 0 Å². The van der Waals surface area contributed by atoms with Gasteiger partial charge in [0.05, 0.1) is 17.2 Å². The third-order valence-electron chi connectivity index (χ3n) is 5.17. The number of hydrogen-bond acceptors (Lipinski definition) is 6. The Balaban J connectivity index is 1.68. The molecule has 0 aromatic carbocycles. The average Bonchev–Trinajstić information content (AvgIpc) is 3.10. The van der Waals surface area contributed by atoms with E-state index >= 15 is 0 Å². The van der Waals surface area contributed by atoms with Crippen LogP contribution in [0, 0.1) is 0 Å². The molecule has 3 rings (SSSR count). The Morgan fingerprint density at radius 3 is 2.46 bits per heavy atom. The first-order valence-electron chi connectivity index (χ1n) is 9.60. The number of nitrogens with zero attached hydrogens (tertiary/aromatic N) is 3. The maximum absolute atomic E-state index is 12.9. The standard InChI is InChI=1S/C18H28N4O4S2/c1-18(2,3)14-12-27-16(19-14)20-15(23)13-6-4-5-7-22(13)17(24)21-8-10-28(25,26)11-9-21/h12-13H,4-11H2,1-3H3,(H,19,20,23)/t13-/m0/s1. The van der Waals surface area contributed by atoms with Crippen LogP contribution in [0.25, 0.3) is 0 Å². The van der Waals surface area contributed by atoms with Crippen molar-refractivity contribution in [3.05, 3.63) is 11.1 Å². The van der Waals surface area contributed by atoms with Crippen molar-refractivity contribution in [1.29, 1.82) is 0 Å². The summed E-state index contributed by atoms with van der Waals surface area (Å²) in [4.78, 5) is 33.4. The zero-order valence-corrected chi connectivity index (χ0v) is 18.2. The number of nitrogens with one attached hydrogen (secondary N) is 1. The summed E-state index contributed by atoms with van der Waals surface area (Å²) in [6, 6.07) is -0.800. The summed E-state index contributed by atoms with van der Waals surface area (Å²) in [6.45, 7) is 7.07. The Bertz CT molecular complexity index is 830. The Hall–Kier alpha value is -1.68. The van der Waals surface area contributed by atoms with Gasteiger partial charge in [0.15, 0.2) is 15.0 Å². The summed E-state index contributed by atoms with van der Waals surface area (Å²) < 4.78 is 23.2. The van der Waals surface area contributed by atoms with E-state index < -0.39 is 15.9 Å². The smallest absolute Gasteiger partial charge is 0.320 e. The molecule has 0 bridgehead atoms. The average molecular weight is 429 g/mol. The molecule has 2 fully saturated rings. The minimum atomic E-state index is -3.06. The van der Waals surface area contributed by atoms with Crippen molar-refractivity contribution in [2.75, 3.05) is 36.5 Å². The first kappa shape index (κ1) is 21.0. The maximum atomic E-state index is 12.9. The van der Waals surface area contributed by atoms with Crippen LogP contribution in [0.2, 0.25) is 0 Å². The topological polar surface area (TPSA) is 99.7 Å². The fraction of sp³-hybridized carbons (Fsp3) is 0.722. The number of amides is 3. The highest BCUT2D eigenvalue weighted by atomic mass is 32.2. The van der Waals surface area contributed by atoms with Gasteiger partial charge in [-0.3, -0.25) is 4.79 Å². The van der Waals surface area contributed by atoms with Crippen molar-refractivity contribution in [2.45, 2.75) is 51.5 Å². The molecule has 156 valence electrons. The zero-order chi connectivity index (χ0) is 20.5. The van der Waals surface area contributed by atoms with Crippen LogP contribution >= 0.6 is 11.3 Å². The number of aromatic nitrogens is 1. The van der Waals surface area contributed by atoms with Crippen LogP contribution in [0.5, 0.6) is 0 Å². The lowest BCUT2D eigenvalue weighted by Gasteiger charge is -2.39. The number of carbonyl (C=O) groups is 2. The summed E-state index contributed by atoms with van der Waals surface area (Å²) >= 11 is 1.38. The first-order valence-corrected chi connectivity index (χ1v) is 12.3. The number of carbonyl (C=O) groups excluding carboxylic acids is 2. The van der Waals surface area contributed by atoms with Crippen molar-refractivity contribution in [1.82, 2.24) is 14.8 Å². The summed E-state index contributed by atoms with van der Waals surface area (Å²) in [5, 5.41) is 5.34. The van der Waals surface area contributed by atoms with E-state index in [1.807, 2.05) is 5.38 Å². The predicted octanol–water partition coefficient (Wildman–Crippen LogP) is 2.08. The second-order valence-electron chi connectivity index (χ2n) is 8.40. The lowest BCUT2D eigenvalue weighted by molar-refractivity contribution is -0.121. The quantitative estimate of drug-likeness (QED) is 0.777. The molecule has 28 heavy (non-hydrogen) atoms. The molecule has 2 saturated heterocycles. The van der Waals surface area contributed by atoms with Crippen LogP contribution in [-0.2, 0) is 20.0 Å². The van der Waals surface area contributed by atoms with Crippen molar-refractivity contribution in [3.63, 3.8) is 0 Å². The largest absolute Gasteiger partial charge is 0.323 e. The van der Waals surface area contributed by atoms with Gasteiger partial charge in [-0.05, 0) is 19.3 Å². The van der Waals surface area contributed by atoms with E-state index in [0.29, 0.717) is 18.1 Å². The van der Waals surface area contributed by atoms with Gasteiger partial charge >= 0.3 is 6.03 Å². The van der Waals surface area contributed by atoms with Crippen LogP contribution in [0.4, 0.5) is 9.93 Å². The molecule has 0 saturated carbocycles. The highest BCUT2D eigenvalue weighted by Gasteiger charge is 2.36. The molecule has 3 amide bonds. The molecule has 0 aliphatic carbocycles. The van der Waals surface area contributed by atoms with Gasteiger partial charge in [0.1, 0.15) is 6.04 Å². The molecule has 0 unspecified atom stereocenters. The predicted molar refractivity (Wildman–Crippen MR) is 109 cm³/mol. The van der Waals surface area contributed by atoms with Gasteiger partial charge in [-0.1, -0.05) is 20.8 Å². The van der Waals surface area contributed by atoms with Gasteiger partial charge in [0.2, 0.25) is 5.91 Å². The Morgan fingerprint density at radius 2 is 1.86 bits per heavy atom. The van der Waals surface area contributed by atoms with Crippen LogP contribution in [-0.4, -0.2) is 72.3 Å². The third kappa shape index (κ3) is 4.83. The number of anilines is 1. The van der Waals surface area contributed by atoms with Crippen LogP contribution in [0.15, 0.2) is 5.38 Å². The van der Waals surface area contributed by atoms with Crippen LogP contribution in [0.1, 0.15) is 45.7 Å². The van der Waals surface area contributed by atoms with E-state index in [1.165, 1.54) is 11.3 Å². The Kier molecular flexibility index (Phi) is 6.00. The van der Waals surface area contributed by atoms with Gasteiger partial charge < -0.3 is 15.1 Å². The van der Waals surface area contributed by atoms with Gasteiger partial charge in [0.25, 0.3) is 0 Å². The second-order valence-corrected chi connectivity index (χ2v) is 11.6. The SMILES string of the molecule is CC(C)(C)c1csc(NC(=O)[C@@H]2CCCCN2C(=O)N2CCS(=O)(=O)CC2)n1. The fourth-order valence-corrected chi connectivity index (χ4v) is 5.52. The molecule has 0 spiro atoms. The van der Waals surface area contributed by atoms with E-state index in [2.05, 4.69) is 31.1 Å². The molecule has 10 heteroatoms. The fourth-order valence-electron chi connectivity index (χ4n) is 3.38. The number of piperidine rings is 1. The van der Waals surface area contributed by atoms with E-state index in [0.717, 1.165) is 18.5 Å². The van der Waals surface area contributed by atoms with Gasteiger partial charge in [-0.15, -0.1) is 11.3 Å². The first-order chi connectivity index (χ1) is 13.1. The van der Waals surface area contributed by atoms with Gasteiger partial charge in [0, 0.05) is 30.4 Å². The van der Waals surface area contributed by atoms with Crippen LogP contribution in [0.3, 0.4) is 0 Å². The van der Waals surface area contributed by atoms with E-state index in [1.54, 1.807) is 9.80 Å². The maximum Gasteiger partial charge on any atom is 0.320 e. The molecule has 1 atom stereocenters. The number of rotatable bonds is 2. The van der Waals surface area contributed by atoms with Crippen molar-refractivity contribution in [3.8, 4) is 0 Å². The summed E-state index contributed by atoms with van der Waals surface area (Å²) in [7, 11) is -3.06. The molecule has 1 N–H and O–H groups in total. The van der Waals surface area contributed by atoms with Crippen molar-refractivity contribution >= 4 is 38.2 Å². The van der Waals surface area contributed by atoms with Crippen molar-refractivity contribution < 1.29 is 18.0 Å². The van der Waals surface area contributed by atoms with Crippen molar-refractivity contribution in [2.24, 2.45) is 0 Å². The highest BCUT2D eigenvalue weighted by Crippen LogP contribution is 2.27. The summed E-state index contributed by atoms with van der Waals surface area (Å²) in [6.07, 6.45) is 2.32. The van der Waals surface area contributed by atoms with E-state index in [-0.39, 0.29) is 41.9 Å². The molecule has 8 nitrogen and oxygen atoms in total. The molecule has 1 aromatic rings. The normalized spacial score (nSPS) is 22.8. The molecule has 0 radical (unpaired) electrons. The number of hydrogen-bond donors (Lipinski definition) is 1. The van der Waals surface area contributed by atoms with E-state index in [9.17, 15) is 18.0 Å². The molecular weight excluding hydrogens is 400 g/mol. The molecule has 1 aromatic heterocycles. The van der Waals surface area contributed by atoms with Gasteiger partial charge in [-0.25, -0.2) is 18.2 Å². The minimum absolute atomic E-state index is 0.0157. The number of likely N-dealkylation sites (tertiary alicyclic amines) is 1. The number of thiazole rings is 1. The molecular formula is C18H28N4O4S2. The number of sulfone groups is 1. The minimum Gasteiger partial charge on any atom is -0.323 e. The summed E-state index contributed by atoms with van der Waals surface area (Å²) in [5.74, 6) is -0.261. The zero-order valence-electron chi connectivity index (χ0n) is 16.6. The lowest BCUT2D eigenvalue weighted by Crippen LogP contribution is -2.56. The summed E-state index contributed by atoms with van der Waals surface area (Å²) in [5.41, 5.74) is 0.819. The number of urea groups is 1. The molecule has 2 aliphatic rings. The third-order valence-corrected chi connectivity index (χ3v) is 7.54. The molecule has 2 aliphatic heterocycles. The Labute approximate surface area is 170 Å². The monoisotopic (exact) mass is 428 g/mol.